The molecule has 1 fully saturated rings. The number of halogens is 2. The molecule has 1 unspecified atom stereocenters. The molecular weight excluding hydrogens is 362 g/mol. The number of amides is 2. The second kappa shape index (κ2) is 7.82. The van der Waals surface area contributed by atoms with E-state index in [1.54, 1.807) is 43.0 Å². The van der Waals surface area contributed by atoms with Crippen LogP contribution < -0.4 is 14.8 Å². The first-order valence-corrected chi connectivity index (χ1v) is 8.94. The fourth-order valence-electron chi connectivity index (χ4n) is 2.79. The van der Waals surface area contributed by atoms with Crippen LogP contribution in [0, 0.1) is 11.6 Å². The second-order valence-corrected chi connectivity index (χ2v) is 6.80. The lowest BCUT2D eigenvalue weighted by Crippen LogP contribution is -2.34. The van der Waals surface area contributed by atoms with Crippen LogP contribution in [-0.4, -0.2) is 37.4 Å². The van der Waals surface area contributed by atoms with Gasteiger partial charge in [0, 0.05) is 29.6 Å². The number of ether oxygens (including phenoxy) is 2. The number of nitrogens with zero attached hydrogens (tertiary/aromatic N) is 1. The topological polar surface area (TPSA) is 50.8 Å². The number of carbonyl (C=O) groups excluding carboxylic acids is 1. The molecule has 1 aliphatic rings. The average Bonchev–Trinajstić information content (AvgIpc) is 3.10. The van der Waals surface area contributed by atoms with Crippen molar-refractivity contribution in [1.82, 2.24) is 4.90 Å². The fraction of sp³-hybridized carbons (Fsp3) is 0.278. The van der Waals surface area contributed by atoms with E-state index in [0.29, 0.717) is 18.0 Å². The van der Waals surface area contributed by atoms with Gasteiger partial charge in [-0.05, 0) is 30.3 Å². The van der Waals surface area contributed by atoms with Crippen molar-refractivity contribution in [2.24, 2.45) is 0 Å². The zero-order chi connectivity index (χ0) is 18.7. The number of carbonyl (C=O) groups is 1. The van der Waals surface area contributed by atoms with Gasteiger partial charge in [0.15, 0.2) is 0 Å². The van der Waals surface area contributed by atoms with E-state index in [0.717, 1.165) is 29.5 Å². The van der Waals surface area contributed by atoms with Gasteiger partial charge in [0.05, 0.1) is 14.2 Å². The second-order valence-electron chi connectivity index (χ2n) is 5.61. The van der Waals surface area contributed by atoms with E-state index in [2.05, 4.69) is 5.32 Å². The average molecular weight is 380 g/mol. The molecule has 1 atom stereocenters. The molecule has 1 heterocycles. The van der Waals surface area contributed by atoms with E-state index in [9.17, 15) is 13.6 Å². The number of hydrogen-bond acceptors (Lipinski definition) is 4. The third kappa shape index (κ3) is 3.85. The van der Waals surface area contributed by atoms with Crippen LogP contribution in [0.15, 0.2) is 36.4 Å². The Balaban J connectivity index is 1.85. The zero-order valence-corrected chi connectivity index (χ0v) is 15.1. The van der Waals surface area contributed by atoms with Crippen molar-refractivity contribution >= 4 is 23.5 Å². The first-order chi connectivity index (χ1) is 12.5. The number of methoxy groups -OCH3 is 2. The van der Waals surface area contributed by atoms with Gasteiger partial charge in [0.1, 0.15) is 28.5 Å². The molecular formula is C18H18F2N2O3S. The number of anilines is 1. The van der Waals surface area contributed by atoms with Crippen molar-refractivity contribution in [2.75, 3.05) is 31.8 Å². The van der Waals surface area contributed by atoms with E-state index in [4.69, 9.17) is 9.47 Å². The van der Waals surface area contributed by atoms with Crippen molar-refractivity contribution in [1.29, 1.82) is 0 Å². The van der Waals surface area contributed by atoms with E-state index in [-0.39, 0.29) is 11.1 Å². The molecule has 2 amide bonds. The van der Waals surface area contributed by atoms with Crippen molar-refractivity contribution in [3.63, 3.8) is 0 Å². The Morgan fingerprint density at radius 1 is 1.15 bits per heavy atom. The van der Waals surface area contributed by atoms with Crippen molar-refractivity contribution in [2.45, 2.75) is 5.37 Å². The SMILES string of the molecule is COc1ccc(OC)c(C2SCCN2C(=O)Nc2cc(F)cc(F)c2)c1. The summed E-state index contributed by atoms with van der Waals surface area (Å²) in [5, 5.41) is 2.26. The number of nitrogens with one attached hydrogen (secondary N) is 1. The summed E-state index contributed by atoms with van der Waals surface area (Å²) in [6.45, 7) is 0.499. The summed E-state index contributed by atoms with van der Waals surface area (Å²) in [6.07, 6.45) is 0. The minimum Gasteiger partial charge on any atom is -0.497 e. The molecule has 26 heavy (non-hydrogen) atoms. The summed E-state index contributed by atoms with van der Waals surface area (Å²) in [6, 6.07) is 7.86. The minimum absolute atomic E-state index is 0.0701. The van der Waals surface area contributed by atoms with E-state index < -0.39 is 17.7 Å². The van der Waals surface area contributed by atoms with Crippen LogP contribution in [0.1, 0.15) is 10.9 Å². The molecule has 0 aromatic heterocycles. The Bertz CT molecular complexity index is 799. The number of thioether (sulfide) groups is 1. The van der Waals surface area contributed by atoms with E-state index in [1.165, 1.54) is 0 Å². The molecule has 3 rings (SSSR count). The van der Waals surface area contributed by atoms with E-state index >= 15 is 0 Å². The highest BCUT2D eigenvalue weighted by molar-refractivity contribution is 7.99. The predicted molar refractivity (Wildman–Crippen MR) is 96.8 cm³/mol. The van der Waals surface area contributed by atoms with Gasteiger partial charge in [-0.25, -0.2) is 13.6 Å². The van der Waals surface area contributed by atoms with Gasteiger partial charge >= 0.3 is 6.03 Å². The predicted octanol–water partition coefficient (Wildman–Crippen LogP) is 4.26. The highest BCUT2D eigenvalue weighted by Gasteiger charge is 2.33. The molecule has 2 aromatic rings. The summed E-state index contributed by atoms with van der Waals surface area (Å²) in [7, 11) is 3.13. The van der Waals surface area contributed by atoms with Crippen LogP contribution in [0.2, 0.25) is 0 Å². The summed E-state index contributed by atoms with van der Waals surface area (Å²) in [5.41, 5.74) is 0.871. The highest BCUT2D eigenvalue weighted by atomic mass is 32.2. The monoisotopic (exact) mass is 380 g/mol. The number of hydrogen-bond donors (Lipinski definition) is 1. The van der Waals surface area contributed by atoms with Gasteiger partial charge in [-0.3, -0.25) is 0 Å². The number of urea groups is 1. The lowest BCUT2D eigenvalue weighted by atomic mass is 10.1. The van der Waals surface area contributed by atoms with Gasteiger partial charge in [-0.2, -0.15) is 0 Å². The quantitative estimate of drug-likeness (QED) is 0.861. The minimum atomic E-state index is -0.748. The largest absolute Gasteiger partial charge is 0.497 e. The Hall–Kier alpha value is -2.48. The first kappa shape index (κ1) is 18.3. The van der Waals surface area contributed by atoms with Gasteiger partial charge in [0.2, 0.25) is 0 Å². The van der Waals surface area contributed by atoms with Crippen LogP contribution in [0.3, 0.4) is 0 Å². The van der Waals surface area contributed by atoms with Gasteiger partial charge < -0.3 is 19.7 Å². The molecule has 8 heteroatoms. The van der Waals surface area contributed by atoms with E-state index in [1.807, 2.05) is 6.07 Å². The standard InChI is InChI=1S/C18H18F2N2O3S/c1-24-14-3-4-16(25-2)15(10-14)17-22(5-6-26-17)18(23)21-13-8-11(19)7-12(20)9-13/h3-4,7-10,17H,5-6H2,1-2H3,(H,21,23). The van der Waals surface area contributed by atoms with Crippen molar-refractivity contribution in [3.8, 4) is 11.5 Å². The number of benzene rings is 2. The van der Waals surface area contributed by atoms with Crippen LogP contribution >= 0.6 is 11.8 Å². The maximum atomic E-state index is 13.3. The lowest BCUT2D eigenvalue weighted by molar-refractivity contribution is 0.213. The molecule has 138 valence electrons. The third-order valence-electron chi connectivity index (χ3n) is 3.97. The molecule has 0 radical (unpaired) electrons. The smallest absolute Gasteiger partial charge is 0.323 e. The molecule has 1 aliphatic heterocycles. The van der Waals surface area contributed by atoms with Crippen LogP contribution in [-0.2, 0) is 0 Å². The molecule has 1 N–H and O–H groups in total. The maximum absolute atomic E-state index is 13.3. The van der Waals surface area contributed by atoms with Crippen molar-refractivity contribution in [3.05, 3.63) is 53.6 Å². The molecule has 2 aromatic carbocycles. The van der Waals surface area contributed by atoms with Crippen LogP contribution in [0.25, 0.3) is 0 Å². The van der Waals surface area contributed by atoms with Gasteiger partial charge in [-0.1, -0.05) is 0 Å². The summed E-state index contributed by atoms with van der Waals surface area (Å²) in [5.74, 6) is 0.528. The fourth-order valence-corrected chi connectivity index (χ4v) is 4.06. The van der Waals surface area contributed by atoms with Gasteiger partial charge in [0.25, 0.3) is 0 Å². The molecule has 1 saturated heterocycles. The Kier molecular flexibility index (Phi) is 5.51. The molecule has 0 aliphatic carbocycles. The summed E-state index contributed by atoms with van der Waals surface area (Å²) >= 11 is 1.58. The maximum Gasteiger partial charge on any atom is 0.323 e. The summed E-state index contributed by atoms with van der Waals surface area (Å²) < 4.78 is 37.4. The molecule has 0 bridgehead atoms. The number of rotatable bonds is 4. The Labute approximate surface area is 154 Å². The first-order valence-electron chi connectivity index (χ1n) is 7.89. The normalized spacial score (nSPS) is 16.5. The Morgan fingerprint density at radius 2 is 1.88 bits per heavy atom. The van der Waals surface area contributed by atoms with Crippen LogP contribution in [0.4, 0.5) is 19.3 Å². The van der Waals surface area contributed by atoms with Crippen LogP contribution in [0.5, 0.6) is 11.5 Å². The lowest BCUT2D eigenvalue weighted by Gasteiger charge is -2.26. The zero-order valence-electron chi connectivity index (χ0n) is 14.3. The molecule has 5 nitrogen and oxygen atoms in total. The van der Waals surface area contributed by atoms with Gasteiger partial charge in [-0.15, -0.1) is 11.8 Å². The molecule has 0 spiro atoms. The van der Waals surface area contributed by atoms with Crippen molar-refractivity contribution < 1.29 is 23.0 Å². The highest BCUT2D eigenvalue weighted by Crippen LogP contribution is 2.43. The molecule has 0 saturated carbocycles. The summed E-state index contributed by atoms with van der Waals surface area (Å²) in [4.78, 5) is 14.3. The Morgan fingerprint density at radius 3 is 2.54 bits per heavy atom. The third-order valence-corrected chi connectivity index (χ3v) is 5.21.